The van der Waals surface area contributed by atoms with E-state index in [1.54, 1.807) is 26.4 Å². The fraction of sp³-hybridized carbons (Fsp3) is 0.308. The van der Waals surface area contributed by atoms with E-state index in [0.29, 0.717) is 18.1 Å². The van der Waals surface area contributed by atoms with E-state index in [9.17, 15) is 9.59 Å². The molecule has 0 fully saturated rings. The molecular formula is C13H16N4O4. The molecule has 21 heavy (non-hydrogen) atoms. The van der Waals surface area contributed by atoms with E-state index in [1.807, 2.05) is 0 Å². The lowest BCUT2D eigenvalue weighted by molar-refractivity contribution is 0.0695. The molecule has 8 heteroatoms. The van der Waals surface area contributed by atoms with Crippen molar-refractivity contribution in [2.24, 2.45) is 0 Å². The Balaban J connectivity index is 1.88. The smallest absolute Gasteiger partial charge is 0.339 e. The first-order valence-electron chi connectivity index (χ1n) is 6.26. The van der Waals surface area contributed by atoms with Gasteiger partial charge in [0.2, 0.25) is 0 Å². The number of hydrogen-bond acceptors (Lipinski definition) is 4. The van der Waals surface area contributed by atoms with Crippen LogP contribution in [-0.2, 0) is 13.1 Å². The maximum absolute atomic E-state index is 11.9. The Morgan fingerprint density at radius 1 is 1.52 bits per heavy atom. The van der Waals surface area contributed by atoms with Crippen LogP contribution in [0.3, 0.4) is 0 Å². The van der Waals surface area contributed by atoms with Crippen LogP contribution in [0.2, 0.25) is 0 Å². The average Bonchev–Trinajstić information content (AvgIpc) is 3.05. The number of carbonyl (C=O) groups excluding carboxylic acids is 1. The van der Waals surface area contributed by atoms with Gasteiger partial charge in [0.05, 0.1) is 19.3 Å². The van der Waals surface area contributed by atoms with Gasteiger partial charge in [0, 0.05) is 18.8 Å². The molecule has 2 heterocycles. The number of nitrogens with zero attached hydrogens (tertiary/aromatic N) is 2. The van der Waals surface area contributed by atoms with Crippen molar-refractivity contribution in [3.05, 3.63) is 41.1 Å². The highest BCUT2D eigenvalue weighted by molar-refractivity contribution is 5.88. The highest BCUT2D eigenvalue weighted by Gasteiger charge is 2.15. The van der Waals surface area contributed by atoms with Crippen LogP contribution >= 0.6 is 0 Å². The highest BCUT2D eigenvalue weighted by Crippen LogP contribution is 2.14. The lowest BCUT2D eigenvalue weighted by Gasteiger charge is -2.16. The number of hydrogen-bond donors (Lipinski definition) is 3. The summed E-state index contributed by atoms with van der Waals surface area (Å²) >= 11 is 0. The number of aromatic nitrogens is 2. The lowest BCUT2D eigenvalue weighted by atomic mass is 10.2. The molecule has 0 atom stereocenters. The fourth-order valence-electron chi connectivity index (χ4n) is 1.85. The number of H-pyrrole nitrogens is 1. The van der Waals surface area contributed by atoms with Crippen LogP contribution in [0.1, 0.15) is 27.4 Å². The number of nitrogens with one attached hydrogen (secondary N) is 2. The van der Waals surface area contributed by atoms with Crippen molar-refractivity contribution < 1.29 is 19.1 Å². The zero-order valence-electron chi connectivity index (χ0n) is 11.7. The minimum Gasteiger partial charge on any atom is -0.478 e. The first-order valence-corrected chi connectivity index (χ1v) is 6.26. The predicted octanol–water partition coefficient (Wildman–Crippen LogP) is 1.35. The van der Waals surface area contributed by atoms with E-state index >= 15 is 0 Å². The van der Waals surface area contributed by atoms with Crippen LogP contribution < -0.4 is 5.32 Å². The van der Waals surface area contributed by atoms with Crippen molar-refractivity contribution in [1.82, 2.24) is 20.4 Å². The molecule has 0 unspecified atom stereocenters. The maximum atomic E-state index is 11.9. The van der Waals surface area contributed by atoms with Gasteiger partial charge in [-0.25, -0.2) is 9.59 Å². The van der Waals surface area contributed by atoms with E-state index in [4.69, 9.17) is 9.52 Å². The van der Waals surface area contributed by atoms with Crippen LogP contribution in [0.5, 0.6) is 0 Å². The number of amides is 2. The lowest BCUT2D eigenvalue weighted by Crippen LogP contribution is -2.36. The third-order valence-electron chi connectivity index (χ3n) is 2.93. The second kappa shape index (κ2) is 6.12. The number of carboxylic acids is 1. The van der Waals surface area contributed by atoms with E-state index in [0.717, 1.165) is 5.56 Å². The Morgan fingerprint density at radius 2 is 2.29 bits per heavy atom. The molecule has 0 aliphatic heterocycles. The number of rotatable bonds is 5. The molecule has 0 aromatic carbocycles. The van der Waals surface area contributed by atoms with Crippen molar-refractivity contribution in [1.29, 1.82) is 0 Å². The molecule has 2 aromatic rings. The Bertz CT molecular complexity index is 633. The number of carboxylic acid groups (broad SMARTS) is 1. The van der Waals surface area contributed by atoms with Crippen molar-refractivity contribution in [3.63, 3.8) is 0 Å². The number of carbonyl (C=O) groups is 2. The van der Waals surface area contributed by atoms with Crippen LogP contribution in [0.4, 0.5) is 4.79 Å². The summed E-state index contributed by atoms with van der Waals surface area (Å²) in [5, 5.41) is 18.1. The summed E-state index contributed by atoms with van der Waals surface area (Å²) in [6.07, 6.45) is 3.34. The summed E-state index contributed by atoms with van der Waals surface area (Å²) < 4.78 is 5.28. The molecule has 0 aliphatic rings. The minimum absolute atomic E-state index is 0.103. The predicted molar refractivity (Wildman–Crippen MR) is 72.7 cm³/mol. The third kappa shape index (κ3) is 3.62. The second-order valence-electron chi connectivity index (χ2n) is 4.61. The molecule has 0 aliphatic carbocycles. The van der Waals surface area contributed by atoms with Gasteiger partial charge < -0.3 is 19.7 Å². The summed E-state index contributed by atoms with van der Waals surface area (Å²) in [5.41, 5.74) is 0.987. The molecule has 0 radical (unpaired) electrons. The Morgan fingerprint density at radius 3 is 2.86 bits per heavy atom. The minimum atomic E-state index is -1.05. The molecular weight excluding hydrogens is 276 g/mol. The number of aryl methyl sites for hydroxylation is 1. The first-order chi connectivity index (χ1) is 9.97. The number of aromatic amines is 1. The normalized spacial score (nSPS) is 10.4. The van der Waals surface area contributed by atoms with E-state index < -0.39 is 5.97 Å². The highest BCUT2D eigenvalue weighted by atomic mass is 16.4. The van der Waals surface area contributed by atoms with Gasteiger partial charge >= 0.3 is 12.0 Å². The number of furan rings is 1. The van der Waals surface area contributed by atoms with E-state index in [1.165, 1.54) is 11.0 Å². The van der Waals surface area contributed by atoms with Crippen LogP contribution in [-0.4, -0.2) is 39.3 Å². The van der Waals surface area contributed by atoms with Crippen LogP contribution in [0.15, 0.2) is 22.9 Å². The molecule has 0 spiro atoms. The summed E-state index contributed by atoms with van der Waals surface area (Å²) in [6, 6.07) is 1.12. The Kier molecular flexibility index (Phi) is 4.27. The van der Waals surface area contributed by atoms with Gasteiger partial charge in [0.1, 0.15) is 17.1 Å². The molecule has 0 saturated carbocycles. The van der Waals surface area contributed by atoms with Crippen molar-refractivity contribution in [2.75, 3.05) is 7.05 Å². The van der Waals surface area contributed by atoms with Crippen molar-refractivity contribution in [3.8, 4) is 0 Å². The zero-order valence-corrected chi connectivity index (χ0v) is 11.7. The van der Waals surface area contributed by atoms with Crippen molar-refractivity contribution >= 4 is 12.0 Å². The Labute approximate surface area is 120 Å². The van der Waals surface area contributed by atoms with Gasteiger partial charge in [-0.05, 0) is 13.0 Å². The molecule has 2 aromatic heterocycles. The quantitative estimate of drug-likeness (QED) is 0.770. The molecule has 3 N–H and O–H groups in total. The topological polar surface area (TPSA) is 111 Å². The molecule has 0 bridgehead atoms. The van der Waals surface area contributed by atoms with Crippen LogP contribution in [0.25, 0.3) is 0 Å². The van der Waals surface area contributed by atoms with Gasteiger partial charge in [-0.3, -0.25) is 5.10 Å². The molecule has 2 amide bonds. The average molecular weight is 292 g/mol. The van der Waals surface area contributed by atoms with Crippen LogP contribution in [0, 0.1) is 6.92 Å². The summed E-state index contributed by atoms with van der Waals surface area (Å²) in [4.78, 5) is 24.3. The molecule has 2 rings (SSSR count). The van der Waals surface area contributed by atoms with Gasteiger partial charge in [0.25, 0.3) is 0 Å². The standard InChI is InChI=1S/C13H16N4O4/c1-8-11(12(18)19)3-10(21-8)6-14-13(20)17(2)7-9-4-15-16-5-9/h3-5H,6-7H2,1-2H3,(H,14,20)(H,15,16)(H,18,19). The maximum Gasteiger partial charge on any atom is 0.339 e. The number of urea groups is 1. The van der Waals surface area contributed by atoms with Gasteiger partial charge in [-0.1, -0.05) is 0 Å². The van der Waals surface area contributed by atoms with E-state index in [2.05, 4.69) is 15.5 Å². The molecule has 0 saturated heterocycles. The zero-order chi connectivity index (χ0) is 15.4. The first kappa shape index (κ1) is 14.6. The van der Waals surface area contributed by atoms with Gasteiger partial charge in [0.15, 0.2) is 0 Å². The summed E-state index contributed by atoms with van der Waals surface area (Å²) in [7, 11) is 1.65. The second-order valence-corrected chi connectivity index (χ2v) is 4.61. The number of aromatic carboxylic acids is 1. The van der Waals surface area contributed by atoms with E-state index in [-0.39, 0.29) is 18.1 Å². The third-order valence-corrected chi connectivity index (χ3v) is 2.93. The monoisotopic (exact) mass is 292 g/mol. The SMILES string of the molecule is Cc1oc(CNC(=O)N(C)Cc2cn[nH]c2)cc1C(=O)O. The largest absolute Gasteiger partial charge is 0.478 e. The Hall–Kier alpha value is -2.77. The summed E-state index contributed by atoms with van der Waals surface area (Å²) in [5.74, 6) is -0.334. The molecule has 8 nitrogen and oxygen atoms in total. The van der Waals surface area contributed by atoms with Gasteiger partial charge in [-0.15, -0.1) is 0 Å². The van der Waals surface area contributed by atoms with Gasteiger partial charge in [-0.2, -0.15) is 5.10 Å². The van der Waals surface area contributed by atoms with Crippen molar-refractivity contribution in [2.45, 2.75) is 20.0 Å². The fourth-order valence-corrected chi connectivity index (χ4v) is 1.85. The summed E-state index contributed by atoms with van der Waals surface area (Å²) in [6.45, 7) is 2.11. The molecule has 112 valence electrons.